The zero-order valence-corrected chi connectivity index (χ0v) is 16.8. The normalized spacial score (nSPS) is 10.9. The maximum absolute atomic E-state index is 6.37. The first kappa shape index (κ1) is 17.8. The van der Waals surface area contributed by atoms with Gasteiger partial charge in [-0.05, 0) is 39.7 Å². The van der Waals surface area contributed by atoms with E-state index in [1.54, 1.807) is 17.8 Å². The van der Waals surface area contributed by atoms with Crippen molar-refractivity contribution in [2.24, 2.45) is 0 Å². The van der Waals surface area contributed by atoms with Crippen LogP contribution in [-0.2, 0) is 6.54 Å². The molecule has 0 aliphatic rings. The maximum atomic E-state index is 6.37. The highest BCUT2D eigenvalue weighted by molar-refractivity contribution is 9.10. The smallest absolute Gasteiger partial charge is 0.172 e. The van der Waals surface area contributed by atoms with Crippen LogP contribution in [0.5, 0.6) is 5.75 Å². The SMILES string of the molecule is COc1ccc(CNc2cc(-c3ccccc3Cl)nc3c(Br)cnn23)cc1. The number of benzene rings is 2. The molecule has 4 rings (SSSR count). The van der Waals surface area contributed by atoms with Crippen molar-refractivity contribution in [2.45, 2.75) is 6.54 Å². The Morgan fingerprint density at radius 1 is 1.15 bits per heavy atom. The molecular formula is C20H16BrClN4O. The highest BCUT2D eigenvalue weighted by Crippen LogP contribution is 2.30. The van der Waals surface area contributed by atoms with Crippen LogP contribution in [0.3, 0.4) is 0 Å². The van der Waals surface area contributed by atoms with E-state index in [0.29, 0.717) is 11.6 Å². The zero-order chi connectivity index (χ0) is 18.8. The van der Waals surface area contributed by atoms with E-state index in [1.807, 2.05) is 54.6 Å². The van der Waals surface area contributed by atoms with Crippen molar-refractivity contribution >= 4 is 39.0 Å². The Morgan fingerprint density at radius 3 is 2.67 bits per heavy atom. The van der Waals surface area contributed by atoms with Gasteiger partial charge in [-0.15, -0.1) is 0 Å². The molecule has 7 heteroatoms. The summed E-state index contributed by atoms with van der Waals surface area (Å²) < 4.78 is 7.80. The van der Waals surface area contributed by atoms with Crippen LogP contribution in [0.2, 0.25) is 5.02 Å². The maximum Gasteiger partial charge on any atom is 0.172 e. The molecule has 27 heavy (non-hydrogen) atoms. The van der Waals surface area contributed by atoms with Crippen LogP contribution in [-0.4, -0.2) is 21.7 Å². The van der Waals surface area contributed by atoms with Crippen LogP contribution in [0.25, 0.3) is 16.9 Å². The molecule has 136 valence electrons. The fourth-order valence-corrected chi connectivity index (χ4v) is 3.39. The van der Waals surface area contributed by atoms with Crippen molar-refractivity contribution in [3.8, 4) is 17.0 Å². The van der Waals surface area contributed by atoms with Crippen molar-refractivity contribution < 1.29 is 4.74 Å². The molecule has 0 aliphatic heterocycles. The molecule has 1 N–H and O–H groups in total. The molecule has 0 saturated heterocycles. The first-order valence-electron chi connectivity index (χ1n) is 8.31. The number of aromatic nitrogens is 3. The van der Waals surface area contributed by atoms with Crippen molar-refractivity contribution in [3.05, 3.63) is 75.9 Å². The summed E-state index contributed by atoms with van der Waals surface area (Å²) in [6.07, 6.45) is 1.73. The number of methoxy groups -OCH3 is 1. The number of nitrogens with zero attached hydrogens (tertiary/aromatic N) is 3. The van der Waals surface area contributed by atoms with E-state index >= 15 is 0 Å². The number of halogens is 2. The third-order valence-electron chi connectivity index (χ3n) is 4.21. The molecular weight excluding hydrogens is 428 g/mol. The summed E-state index contributed by atoms with van der Waals surface area (Å²) in [4.78, 5) is 4.72. The fraction of sp³-hybridized carbons (Fsp3) is 0.100. The second-order valence-corrected chi connectivity index (χ2v) is 7.20. The molecule has 0 atom stereocenters. The summed E-state index contributed by atoms with van der Waals surface area (Å²) in [6.45, 7) is 0.641. The highest BCUT2D eigenvalue weighted by Gasteiger charge is 2.13. The van der Waals surface area contributed by atoms with Gasteiger partial charge in [0.25, 0.3) is 0 Å². The lowest BCUT2D eigenvalue weighted by Crippen LogP contribution is -2.06. The van der Waals surface area contributed by atoms with Gasteiger partial charge in [0.05, 0.1) is 23.5 Å². The lowest BCUT2D eigenvalue weighted by atomic mass is 10.1. The highest BCUT2D eigenvalue weighted by atomic mass is 79.9. The topological polar surface area (TPSA) is 51.5 Å². The largest absolute Gasteiger partial charge is 0.497 e. The summed E-state index contributed by atoms with van der Waals surface area (Å²) in [5.74, 6) is 1.67. The predicted molar refractivity (Wildman–Crippen MR) is 111 cm³/mol. The number of nitrogens with one attached hydrogen (secondary N) is 1. The summed E-state index contributed by atoms with van der Waals surface area (Å²) >= 11 is 9.89. The number of fused-ring (bicyclic) bond motifs is 1. The molecule has 0 radical (unpaired) electrons. The minimum absolute atomic E-state index is 0.641. The summed E-state index contributed by atoms with van der Waals surface area (Å²) in [5.41, 5.74) is 3.52. The molecule has 0 spiro atoms. The van der Waals surface area contributed by atoms with Crippen LogP contribution >= 0.6 is 27.5 Å². The van der Waals surface area contributed by atoms with Crippen molar-refractivity contribution in [1.82, 2.24) is 14.6 Å². The van der Waals surface area contributed by atoms with E-state index in [0.717, 1.165) is 38.5 Å². The van der Waals surface area contributed by atoms with Gasteiger partial charge in [0, 0.05) is 23.2 Å². The second kappa shape index (κ2) is 7.58. The minimum atomic E-state index is 0.641. The van der Waals surface area contributed by atoms with E-state index in [4.69, 9.17) is 21.3 Å². The standard InChI is InChI=1S/C20H16BrClN4O/c1-27-14-8-6-13(7-9-14)11-23-19-10-18(15-4-2-3-5-17(15)22)25-20-16(21)12-24-26(19)20/h2-10,12,23H,11H2,1H3. The molecule has 4 aromatic rings. The molecule has 0 amide bonds. The number of ether oxygens (including phenoxy) is 1. The molecule has 0 unspecified atom stereocenters. The Morgan fingerprint density at radius 2 is 1.93 bits per heavy atom. The van der Waals surface area contributed by atoms with E-state index in [-0.39, 0.29) is 0 Å². The van der Waals surface area contributed by atoms with Gasteiger partial charge in [-0.25, -0.2) is 4.98 Å². The fourth-order valence-electron chi connectivity index (χ4n) is 2.80. The Labute approximate surface area is 170 Å². The van der Waals surface area contributed by atoms with E-state index < -0.39 is 0 Å². The zero-order valence-electron chi connectivity index (χ0n) is 14.5. The third kappa shape index (κ3) is 3.63. The van der Waals surface area contributed by atoms with Crippen LogP contribution in [0.4, 0.5) is 5.82 Å². The van der Waals surface area contributed by atoms with Gasteiger partial charge in [-0.3, -0.25) is 0 Å². The average Bonchev–Trinajstić information content (AvgIpc) is 3.08. The van der Waals surface area contributed by atoms with E-state index in [1.165, 1.54) is 0 Å². The number of rotatable bonds is 5. The molecule has 2 heterocycles. The van der Waals surface area contributed by atoms with Gasteiger partial charge in [0.2, 0.25) is 0 Å². The molecule has 2 aromatic heterocycles. The van der Waals surface area contributed by atoms with Crippen molar-refractivity contribution in [1.29, 1.82) is 0 Å². The Bertz CT molecular complexity index is 1100. The summed E-state index contributed by atoms with van der Waals surface area (Å²) in [7, 11) is 1.66. The summed E-state index contributed by atoms with van der Waals surface area (Å²) in [6, 6.07) is 17.6. The van der Waals surface area contributed by atoms with Gasteiger partial charge in [-0.1, -0.05) is 41.9 Å². The van der Waals surface area contributed by atoms with Crippen molar-refractivity contribution in [2.75, 3.05) is 12.4 Å². The first-order valence-corrected chi connectivity index (χ1v) is 9.49. The van der Waals surface area contributed by atoms with Crippen molar-refractivity contribution in [3.63, 3.8) is 0 Å². The van der Waals surface area contributed by atoms with Gasteiger partial charge in [0.15, 0.2) is 5.65 Å². The number of anilines is 1. The average molecular weight is 444 g/mol. The van der Waals surface area contributed by atoms with E-state index in [2.05, 4.69) is 26.3 Å². The first-order chi connectivity index (χ1) is 13.2. The van der Waals surface area contributed by atoms with Crippen LogP contribution in [0, 0.1) is 0 Å². The number of hydrogen-bond donors (Lipinski definition) is 1. The second-order valence-electron chi connectivity index (χ2n) is 5.94. The quantitative estimate of drug-likeness (QED) is 0.447. The molecule has 0 saturated carbocycles. The lowest BCUT2D eigenvalue weighted by Gasteiger charge is -2.12. The van der Waals surface area contributed by atoms with Crippen LogP contribution in [0.15, 0.2) is 65.3 Å². The predicted octanol–water partition coefficient (Wildman–Crippen LogP) is 5.43. The molecule has 0 aliphatic carbocycles. The Kier molecular flexibility index (Phi) is 5.01. The monoisotopic (exact) mass is 442 g/mol. The molecule has 5 nitrogen and oxygen atoms in total. The lowest BCUT2D eigenvalue weighted by molar-refractivity contribution is 0.414. The van der Waals surface area contributed by atoms with Gasteiger partial charge in [0.1, 0.15) is 11.6 Å². The molecule has 0 fully saturated rings. The Balaban J connectivity index is 1.71. The van der Waals surface area contributed by atoms with Crippen LogP contribution < -0.4 is 10.1 Å². The van der Waals surface area contributed by atoms with Gasteiger partial charge >= 0.3 is 0 Å². The third-order valence-corrected chi connectivity index (χ3v) is 5.10. The van der Waals surface area contributed by atoms with E-state index in [9.17, 15) is 0 Å². The minimum Gasteiger partial charge on any atom is -0.497 e. The number of hydrogen-bond acceptors (Lipinski definition) is 4. The van der Waals surface area contributed by atoms with Gasteiger partial charge < -0.3 is 10.1 Å². The van der Waals surface area contributed by atoms with Crippen LogP contribution in [0.1, 0.15) is 5.56 Å². The Hall–Kier alpha value is -2.57. The molecule has 2 aromatic carbocycles. The molecule has 0 bridgehead atoms. The van der Waals surface area contributed by atoms with Gasteiger partial charge in [-0.2, -0.15) is 9.61 Å². The summed E-state index contributed by atoms with van der Waals surface area (Å²) in [5, 5.41) is 8.51.